The average molecular weight is 759 g/mol. The van der Waals surface area contributed by atoms with Gasteiger partial charge in [-0.25, -0.2) is 4.98 Å². The first-order valence-electron chi connectivity index (χ1n) is 20.3. The van der Waals surface area contributed by atoms with Crippen molar-refractivity contribution in [2.24, 2.45) is 5.92 Å². The van der Waals surface area contributed by atoms with Crippen molar-refractivity contribution >= 4 is 46.0 Å². The molecular formula is C43H50N8O5. The molecule has 0 radical (unpaired) electrons. The largest absolute Gasteiger partial charge is 0.490 e. The third-order valence-corrected chi connectivity index (χ3v) is 12.6. The molecule has 5 aliphatic rings. The number of hydrogen-bond donors (Lipinski definition) is 3. The Labute approximate surface area is 326 Å². The molecule has 0 saturated carbocycles. The number of likely N-dealkylation sites (tertiary alicyclic amines) is 2. The Bertz CT molecular complexity index is 2140. The summed E-state index contributed by atoms with van der Waals surface area (Å²) < 4.78 is 6.36. The third-order valence-electron chi connectivity index (χ3n) is 12.6. The zero-order chi connectivity index (χ0) is 38.3. The van der Waals surface area contributed by atoms with Crippen LogP contribution in [0.2, 0.25) is 0 Å². The highest BCUT2D eigenvalue weighted by molar-refractivity contribution is 6.06. The van der Waals surface area contributed by atoms with Gasteiger partial charge in [-0.3, -0.25) is 29.4 Å². The van der Waals surface area contributed by atoms with Crippen LogP contribution in [-0.4, -0.2) is 107 Å². The van der Waals surface area contributed by atoms with Crippen LogP contribution in [0.15, 0.2) is 60.8 Å². The zero-order valence-electron chi connectivity index (χ0n) is 32.0. The summed E-state index contributed by atoms with van der Waals surface area (Å²) in [7, 11) is 2.16. The van der Waals surface area contributed by atoms with Crippen molar-refractivity contribution in [3.05, 3.63) is 83.2 Å². The van der Waals surface area contributed by atoms with Crippen molar-refractivity contribution in [3.8, 4) is 5.75 Å². The Balaban J connectivity index is 0.708. The fourth-order valence-electron chi connectivity index (χ4n) is 9.37. The monoisotopic (exact) mass is 758 g/mol. The number of hydrogen-bond acceptors (Lipinski definition) is 9. The van der Waals surface area contributed by atoms with E-state index in [1.807, 2.05) is 48.7 Å². The molecule has 0 bridgehead atoms. The number of carbonyl (C=O) groups excluding carboxylic acids is 4. The molecule has 4 fully saturated rings. The molecule has 0 spiro atoms. The smallest absolute Gasteiger partial charge is 0.256 e. The van der Waals surface area contributed by atoms with Crippen LogP contribution in [-0.2, 0) is 16.1 Å². The van der Waals surface area contributed by atoms with E-state index in [1.54, 1.807) is 4.90 Å². The number of imide groups is 1. The van der Waals surface area contributed by atoms with Crippen LogP contribution in [0.3, 0.4) is 0 Å². The molecule has 7 heterocycles. The number of nitrogens with zero attached hydrogens (tertiary/aromatic N) is 5. The van der Waals surface area contributed by atoms with E-state index >= 15 is 0 Å². The molecule has 292 valence electrons. The molecule has 2 aromatic carbocycles. The Morgan fingerprint density at radius 3 is 2.45 bits per heavy atom. The van der Waals surface area contributed by atoms with Crippen LogP contribution < -0.4 is 20.3 Å². The number of fused-ring (bicyclic) bond motifs is 2. The van der Waals surface area contributed by atoms with E-state index in [-0.39, 0.29) is 36.2 Å². The SMILES string of the molecule is CN1CCC[C@@H]1c1cc2cnc(NC(=O)c3ccc(OC4CCN(CC5CCN(c6ccc7c(c6)CN(C6CCC(=O)NC6=O)C7=O)CC5)CC4)cc3)cc2[nH]1. The summed E-state index contributed by atoms with van der Waals surface area (Å²) in [6, 6.07) is 17.3. The summed E-state index contributed by atoms with van der Waals surface area (Å²) in [6.07, 6.45) is 9.10. The number of aromatic nitrogens is 2. The number of anilines is 2. The second kappa shape index (κ2) is 15.3. The fraction of sp³-hybridized carbons (Fsp3) is 0.465. The minimum atomic E-state index is -0.594. The number of H-pyrrole nitrogens is 1. The van der Waals surface area contributed by atoms with E-state index in [2.05, 4.69) is 54.5 Å². The van der Waals surface area contributed by atoms with Gasteiger partial charge >= 0.3 is 0 Å². The summed E-state index contributed by atoms with van der Waals surface area (Å²) in [5.41, 5.74) is 5.45. The lowest BCUT2D eigenvalue weighted by Crippen LogP contribution is -2.52. The number of ether oxygens (including phenoxy) is 1. The van der Waals surface area contributed by atoms with Gasteiger partial charge in [0.25, 0.3) is 11.8 Å². The molecule has 1 unspecified atom stereocenters. The highest BCUT2D eigenvalue weighted by Gasteiger charge is 2.39. The molecule has 4 amide bonds. The van der Waals surface area contributed by atoms with Gasteiger partial charge < -0.3 is 29.7 Å². The molecule has 13 nitrogen and oxygen atoms in total. The van der Waals surface area contributed by atoms with Gasteiger partial charge in [0.2, 0.25) is 11.8 Å². The summed E-state index contributed by atoms with van der Waals surface area (Å²) in [6.45, 7) is 6.55. The van der Waals surface area contributed by atoms with Gasteiger partial charge in [0.15, 0.2) is 0 Å². The molecule has 0 aliphatic carbocycles. The second-order valence-corrected chi connectivity index (χ2v) is 16.3. The first-order chi connectivity index (χ1) is 27.2. The van der Waals surface area contributed by atoms with Crippen LogP contribution >= 0.6 is 0 Å². The summed E-state index contributed by atoms with van der Waals surface area (Å²) in [5, 5.41) is 6.37. The van der Waals surface area contributed by atoms with Crippen LogP contribution in [0, 0.1) is 5.92 Å². The first kappa shape index (κ1) is 36.4. The number of piperidine rings is 3. The van der Waals surface area contributed by atoms with Crippen LogP contribution in [0.4, 0.5) is 11.5 Å². The molecule has 9 rings (SSSR count). The molecule has 2 aromatic heterocycles. The number of nitrogens with one attached hydrogen (secondary N) is 3. The van der Waals surface area contributed by atoms with Crippen LogP contribution in [0.25, 0.3) is 10.9 Å². The van der Waals surface area contributed by atoms with Gasteiger partial charge in [0, 0.05) is 91.9 Å². The van der Waals surface area contributed by atoms with Crippen molar-refractivity contribution in [3.63, 3.8) is 0 Å². The van der Waals surface area contributed by atoms with E-state index in [4.69, 9.17) is 4.74 Å². The second-order valence-electron chi connectivity index (χ2n) is 16.3. The maximum atomic E-state index is 13.1. The van der Waals surface area contributed by atoms with E-state index < -0.39 is 6.04 Å². The van der Waals surface area contributed by atoms with Crippen molar-refractivity contribution in [2.45, 2.75) is 76.1 Å². The quantitative estimate of drug-likeness (QED) is 0.199. The Kier molecular flexibility index (Phi) is 9.97. The number of pyridine rings is 1. The Morgan fingerprint density at radius 1 is 0.893 bits per heavy atom. The summed E-state index contributed by atoms with van der Waals surface area (Å²) in [5.74, 6) is 0.951. The van der Waals surface area contributed by atoms with Crippen molar-refractivity contribution in [2.75, 3.05) is 56.5 Å². The molecule has 4 aromatic rings. The molecule has 4 saturated heterocycles. The standard InChI is InChI=1S/C43H50N8O5/c1-48-16-2-3-37(48)36-22-29-24-44-39(23-35(29)45-36)46-41(53)28-4-7-32(8-5-28)56-33-14-17-49(18-15-33)25-27-12-19-50(20-13-27)31-6-9-34-30(21-31)26-51(43(34)55)38-10-11-40(52)47-42(38)54/h4-9,21-24,27,33,37-38,45H,2-3,10-20,25-26H2,1H3,(H,44,46,53)(H,47,52,54)/t37-,38?/m1/s1. The number of benzene rings is 2. The lowest BCUT2D eigenvalue weighted by molar-refractivity contribution is -0.136. The molecule has 13 heteroatoms. The normalized spacial score (nSPS) is 22.8. The van der Waals surface area contributed by atoms with Crippen molar-refractivity contribution in [1.82, 2.24) is 30.0 Å². The van der Waals surface area contributed by atoms with E-state index in [0.717, 1.165) is 99.3 Å². The predicted octanol–water partition coefficient (Wildman–Crippen LogP) is 5.10. The van der Waals surface area contributed by atoms with Gasteiger partial charge in [-0.2, -0.15) is 0 Å². The molecule has 2 atom stereocenters. The third kappa shape index (κ3) is 7.49. The topological polar surface area (TPSA) is 143 Å². The van der Waals surface area contributed by atoms with Gasteiger partial charge in [-0.15, -0.1) is 0 Å². The zero-order valence-corrected chi connectivity index (χ0v) is 32.0. The molecule has 56 heavy (non-hydrogen) atoms. The number of aromatic amines is 1. The maximum absolute atomic E-state index is 13.1. The highest BCUT2D eigenvalue weighted by atomic mass is 16.5. The van der Waals surface area contributed by atoms with Crippen LogP contribution in [0.1, 0.15) is 89.4 Å². The lowest BCUT2D eigenvalue weighted by atomic mass is 9.94. The minimum absolute atomic E-state index is 0.132. The van der Waals surface area contributed by atoms with Gasteiger partial charge in [-0.05, 0) is 119 Å². The number of carbonyl (C=O) groups is 4. The highest BCUT2D eigenvalue weighted by Crippen LogP contribution is 2.34. The van der Waals surface area contributed by atoms with Crippen molar-refractivity contribution < 1.29 is 23.9 Å². The summed E-state index contributed by atoms with van der Waals surface area (Å²) >= 11 is 0. The Morgan fingerprint density at radius 2 is 1.70 bits per heavy atom. The minimum Gasteiger partial charge on any atom is -0.490 e. The van der Waals surface area contributed by atoms with Gasteiger partial charge in [-0.1, -0.05) is 0 Å². The predicted molar refractivity (Wildman–Crippen MR) is 213 cm³/mol. The fourth-order valence-corrected chi connectivity index (χ4v) is 9.37. The average Bonchev–Trinajstić information content (AvgIpc) is 3.92. The van der Waals surface area contributed by atoms with Gasteiger partial charge in [0.05, 0.1) is 5.52 Å². The first-order valence-corrected chi connectivity index (χ1v) is 20.3. The molecular weight excluding hydrogens is 709 g/mol. The van der Waals surface area contributed by atoms with E-state index in [9.17, 15) is 19.2 Å². The number of rotatable bonds is 9. The van der Waals surface area contributed by atoms with Gasteiger partial charge in [0.1, 0.15) is 23.7 Å². The molecule has 5 aliphatic heterocycles. The van der Waals surface area contributed by atoms with Crippen LogP contribution in [0.5, 0.6) is 5.75 Å². The molecule has 3 N–H and O–H groups in total. The summed E-state index contributed by atoms with van der Waals surface area (Å²) in [4.78, 5) is 67.2. The Hall–Kier alpha value is -5.27. The van der Waals surface area contributed by atoms with Crippen molar-refractivity contribution in [1.29, 1.82) is 0 Å². The lowest BCUT2D eigenvalue weighted by Gasteiger charge is -2.38. The maximum Gasteiger partial charge on any atom is 0.256 e. The van der Waals surface area contributed by atoms with E-state index in [0.29, 0.717) is 41.9 Å². The van der Waals surface area contributed by atoms with E-state index in [1.165, 1.54) is 12.1 Å². The number of amides is 4.